The number of rotatable bonds is 7. The van der Waals surface area contributed by atoms with Gasteiger partial charge in [-0.15, -0.1) is 11.8 Å². The highest BCUT2D eigenvalue weighted by Crippen LogP contribution is 2.23. The second-order valence-corrected chi connectivity index (χ2v) is 5.86. The summed E-state index contributed by atoms with van der Waals surface area (Å²) < 4.78 is 18.6. The van der Waals surface area contributed by atoms with Gasteiger partial charge in [0.25, 0.3) is 0 Å². The molecule has 0 fully saturated rings. The van der Waals surface area contributed by atoms with Crippen LogP contribution in [0.25, 0.3) is 0 Å². The second kappa shape index (κ2) is 8.05. The van der Waals surface area contributed by atoms with Crippen molar-refractivity contribution in [2.75, 3.05) is 19.9 Å². The van der Waals surface area contributed by atoms with Crippen molar-refractivity contribution >= 4 is 11.8 Å². The van der Waals surface area contributed by atoms with Crippen LogP contribution in [0.4, 0.5) is 4.39 Å². The Hall–Kier alpha value is -1.52. The van der Waals surface area contributed by atoms with Crippen molar-refractivity contribution in [1.29, 1.82) is 0 Å². The Morgan fingerprint density at radius 1 is 1.19 bits per heavy atom. The Balaban J connectivity index is 1.97. The fraction of sp³-hybridized carbons (Fsp3) is 0.294. The van der Waals surface area contributed by atoms with Gasteiger partial charge in [-0.2, -0.15) is 0 Å². The van der Waals surface area contributed by atoms with Crippen molar-refractivity contribution in [2.45, 2.75) is 17.4 Å². The van der Waals surface area contributed by atoms with Gasteiger partial charge >= 0.3 is 0 Å². The van der Waals surface area contributed by atoms with Gasteiger partial charge in [0.15, 0.2) is 0 Å². The van der Waals surface area contributed by atoms with E-state index in [1.807, 2.05) is 31.3 Å². The minimum absolute atomic E-state index is 0.189. The molecule has 0 saturated heterocycles. The molecule has 2 aromatic carbocycles. The Morgan fingerprint density at radius 2 is 2.00 bits per heavy atom. The predicted octanol–water partition coefficient (Wildman–Crippen LogP) is 3.76. The fourth-order valence-corrected chi connectivity index (χ4v) is 3.18. The summed E-state index contributed by atoms with van der Waals surface area (Å²) in [5.74, 6) is 1.59. The molecule has 112 valence electrons. The van der Waals surface area contributed by atoms with Gasteiger partial charge < -0.3 is 10.1 Å². The predicted molar refractivity (Wildman–Crippen MR) is 86.7 cm³/mol. The third-order valence-corrected chi connectivity index (χ3v) is 4.47. The number of hydrogen-bond acceptors (Lipinski definition) is 3. The lowest BCUT2D eigenvalue weighted by Gasteiger charge is -2.17. The van der Waals surface area contributed by atoms with E-state index in [1.165, 1.54) is 11.6 Å². The van der Waals surface area contributed by atoms with Gasteiger partial charge in [-0.05, 0) is 43.3 Å². The minimum atomic E-state index is -0.189. The van der Waals surface area contributed by atoms with Gasteiger partial charge in [0.2, 0.25) is 0 Å². The highest BCUT2D eigenvalue weighted by molar-refractivity contribution is 7.99. The van der Waals surface area contributed by atoms with Crippen LogP contribution in [0.3, 0.4) is 0 Å². The molecule has 0 spiro atoms. The van der Waals surface area contributed by atoms with Crippen molar-refractivity contribution in [3.63, 3.8) is 0 Å². The van der Waals surface area contributed by atoms with Crippen LogP contribution in [-0.2, 0) is 6.42 Å². The third kappa shape index (κ3) is 4.76. The number of para-hydroxylation sites is 1. The zero-order valence-corrected chi connectivity index (χ0v) is 13.1. The molecular formula is C17H20FNOS. The molecule has 0 aliphatic carbocycles. The van der Waals surface area contributed by atoms with Gasteiger partial charge in [-0.25, -0.2) is 4.39 Å². The first-order chi connectivity index (χ1) is 10.2. The minimum Gasteiger partial charge on any atom is -0.496 e. The fourth-order valence-electron chi connectivity index (χ4n) is 2.13. The second-order valence-electron chi connectivity index (χ2n) is 4.77. The van der Waals surface area contributed by atoms with Crippen LogP contribution >= 0.6 is 11.8 Å². The first-order valence-electron chi connectivity index (χ1n) is 6.90. The first kappa shape index (κ1) is 15.9. The van der Waals surface area contributed by atoms with E-state index in [-0.39, 0.29) is 5.82 Å². The molecule has 0 heterocycles. The Labute approximate surface area is 129 Å². The van der Waals surface area contributed by atoms with Crippen molar-refractivity contribution in [3.05, 3.63) is 59.9 Å². The van der Waals surface area contributed by atoms with Crippen molar-refractivity contribution in [1.82, 2.24) is 5.32 Å². The first-order valence-corrected chi connectivity index (χ1v) is 7.89. The molecule has 0 aromatic heterocycles. The molecular weight excluding hydrogens is 285 g/mol. The van der Waals surface area contributed by atoms with Crippen LogP contribution in [0.5, 0.6) is 5.75 Å². The van der Waals surface area contributed by atoms with E-state index in [0.29, 0.717) is 6.04 Å². The van der Waals surface area contributed by atoms with E-state index < -0.39 is 0 Å². The molecule has 2 nitrogen and oxygen atoms in total. The summed E-state index contributed by atoms with van der Waals surface area (Å²) >= 11 is 1.66. The molecule has 4 heteroatoms. The summed E-state index contributed by atoms with van der Waals surface area (Å²) in [5.41, 5.74) is 1.18. The lowest BCUT2D eigenvalue weighted by molar-refractivity contribution is 0.407. The number of ether oxygens (including phenoxy) is 1. The number of nitrogens with one attached hydrogen (secondary N) is 1. The summed E-state index contributed by atoms with van der Waals surface area (Å²) in [7, 11) is 3.64. The van der Waals surface area contributed by atoms with Crippen LogP contribution in [0, 0.1) is 5.82 Å². The number of halogens is 1. The van der Waals surface area contributed by atoms with Crippen LogP contribution in [0.2, 0.25) is 0 Å². The third-order valence-electron chi connectivity index (χ3n) is 3.31. The molecule has 0 amide bonds. The van der Waals surface area contributed by atoms with Crippen molar-refractivity contribution in [2.24, 2.45) is 0 Å². The van der Waals surface area contributed by atoms with E-state index in [4.69, 9.17) is 4.74 Å². The monoisotopic (exact) mass is 305 g/mol. The largest absolute Gasteiger partial charge is 0.496 e. The van der Waals surface area contributed by atoms with E-state index in [2.05, 4.69) is 11.4 Å². The summed E-state index contributed by atoms with van der Waals surface area (Å²) in [6.07, 6.45) is 0.878. The van der Waals surface area contributed by atoms with Crippen molar-refractivity contribution < 1.29 is 9.13 Å². The Bertz CT molecular complexity index is 576. The molecule has 21 heavy (non-hydrogen) atoms. The van der Waals surface area contributed by atoms with E-state index in [0.717, 1.165) is 22.8 Å². The van der Waals surface area contributed by atoms with Crippen LogP contribution in [-0.4, -0.2) is 26.0 Å². The topological polar surface area (TPSA) is 21.3 Å². The van der Waals surface area contributed by atoms with Crippen molar-refractivity contribution in [3.8, 4) is 5.75 Å². The average molecular weight is 305 g/mol. The summed E-state index contributed by atoms with van der Waals surface area (Å²) in [6, 6.07) is 15.1. The highest BCUT2D eigenvalue weighted by Gasteiger charge is 2.11. The van der Waals surface area contributed by atoms with Gasteiger partial charge in [-0.3, -0.25) is 0 Å². The maximum absolute atomic E-state index is 13.2. The molecule has 1 atom stereocenters. The normalized spacial score (nSPS) is 12.1. The van der Waals surface area contributed by atoms with E-state index >= 15 is 0 Å². The van der Waals surface area contributed by atoms with Crippen LogP contribution < -0.4 is 10.1 Å². The van der Waals surface area contributed by atoms with E-state index in [9.17, 15) is 4.39 Å². The molecule has 0 aliphatic rings. The van der Waals surface area contributed by atoms with Gasteiger partial charge in [0.1, 0.15) is 11.6 Å². The quantitative estimate of drug-likeness (QED) is 0.787. The Morgan fingerprint density at radius 3 is 2.71 bits per heavy atom. The number of hydrogen-bond donors (Lipinski definition) is 1. The number of thioether (sulfide) groups is 1. The SMILES string of the molecule is CNC(CSc1cccc(F)c1)Cc1ccccc1OC. The average Bonchev–Trinajstić information content (AvgIpc) is 2.52. The molecule has 1 unspecified atom stereocenters. The molecule has 1 N–H and O–H groups in total. The maximum Gasteiger partial charge on any atom is 0.124 e. The summed E-state index contributed by atoms with van der Waals surface area (Å²) in [4.78, 5) is 0.954. The van der Waals surface area contributed by atoms with Gasteiger partial charge in [0, 0.05) is 16.7 Å². The van der Waals surface area contributed by atoms with Gasteiger partial charge in [-0.1, -0.05) is 24.3 Å². The highest BCUT2D eigenvalue weighted by atomic mass is 32.2. The number of methoxy groups -OCH3 is 1. The molecule has 0 radical (unpaired) electrons. The zero-order chi connectivity index (χ0) is 15.1. The zero-order valence-electron chi connectivity index (χ0n) is 12.3. The molecule has 0 saturated carbocycles. The smallest absolute Gasteiger partial charge is 0.124 e. The number of benzene rings is 2. The Kier molecular flexibility index (Phi) is 6.08. The molecule has 0 bridgehead atoms. The number of likely N-dealkylation sites (N-methyl/N-ethyl adjacent to an activating group) is 1. The van der Waals surface area contributed by atoms with E-state index in [1.54, 1.807) is 31.0 Å². The maximum atomic E-state index is 13.2. The van der Waals surface area contributed by atoms with Crippen LogP contribution in [0.15, 0.2) is 53.4 Å². The molecule has 2 rings (SSSR count). The molecule has 2 aromatic rings. The van der Waals surface area contributed by atoms with Gasteiger partial charge in [0.05, 0.1) is 7.11 Å². The molecule has 0 aliphatic heterocycles. The lowest BCUT2D eigenvalue weighted by Crippen LogP contribution is -2.30. The lowest BCUT2D eigenvalue weighted by atomic mass is 10.1. The summed E-state index contributed by atoms with van der Waals surface area (Å²) in [5, 5.41) is 3.32. The standard InChI is InChI=1S/C17H20FNOS/c1-19-15(10-13-6-3-4-9-17(13)20-2)12-21-16-8-5-7-14(18)11-16/h3-9,11,15,19H,10,12H2,1-2H3. The summed E-state index contributed by atoms with van der Waals surface area (Å²) in [6.45, 7) is 0. The van der Waals surface area contributed by atoms with Crippen LogP contribution in [0.1, 0.15) is 5.56 Å².